The van der Waals surface area contributed by atoms with Crippen LogP contribution < -0.4 is 5.73 Å². The van der Waals surface area contributed by atoms with Crippen molar-refractivity contribution in [3.8, 4) is 0 Å². The normalized spacial score (nSPS) is 27.2. The van der Waals surface area contributed by atoms with Gasteiger partial charge in [-0.1, -0.05) is 12.2 Å². The summed E-state index contributed by atoms with van der Waals surface area (Å²) in [4.78, 5) is 14.4. The molecule has 2 heterocycles. The Morgan fingerprint density at radius 2 is 2.11 bits per heavy atom. The molecule has 102 valence electrons. The minimum absolute atomic E-state index is 0.00912. The number of nitrogen functional groups attached to an aromatic ring is 1. The predicted octanol–water partition coefficient (Wildman–Crippen LogP) is 0.444. The highest BCUT2D eigenvalue weighted by molar-refractivity contribution is 7.71. The summed E-state index contributed by atoms with van der Waals surface area (Å²) >= 11 is 5.13. The molecule has 3 atom stereocenters. The van der Waals surface area contributed by atoms with Gasteiger partial charge in [0.2, 0.25) is 5.95 Å². The van der Waals surface area contributed by atoms with Crippen molar-refractivity contribution in [3.63, 3.8) is 0 Å². The molecule has 1 aliphatic rings. The molecule has 0 aliphatic heterocycles. The van der Waals surface area contributed by atoms with E-state index in [0.717, 1.165) is 5.82 Å². The lowest BCUT2D eigenvalue weighted by Crippen LogP contribution is -2.16. The summed E-state index contributed by atoms with van der Waals surface area (Å²) in [6.07, 6.45) is 0.798. The molecule has 0 spiro atoms. The largest absolute Gasteiger partial charge is 0.396 e. The fraction of sp³-hybridized carbons (Fsp3) is 0.545. The molecule has 0 radical (unpaired) electrons. The van der Waals surface area contributed by atoms with Crippen LogP contribution in [0.25, 0.3) is 11.2 Å². The number of aromatic amines is 2. The van der Waals surface area contributed by atoms with E-state index in [9.17, 15) is 10.2 Å². The highest BCUT2D eigenvalue weighted by atomic mass is 32.1. The molecule has 0 amide bonds. The Morgan fingerprint density at radius 1 is 1.32 bits per heavy atom. The van der Waals surface area contributed by atoms with Gasteiger partial charge in [-0.2, -0.15) is 0 Å². The molecular formula is C11H15N5O2S. The summed E-state index contributed by atoms with van der Waals surface area (Å²) in [5.41, 5.74) is 6.82. The van der Waals surface area contributed by atoms with Crippen molar-refractivity contribution in [2.24, 2.45) is 5.92 Å². The number of nitrogens with one attached hydrogen (secondary N) is 2. The average Bonchev–Trinajstić information content (AvgIpc) is 2.92. The summed E-state index contributed by atoms with van der Waals surface area (Å²) < 4.78 is 0.377. The number of aromatic nitrogens is 4. The van der Waals surface area contributed by atoms with E-state index in [2.05, 4.69) is 19.9 Å². The smallest absolute Gasteiger partial charge is 0.200 e. The first-order chi connectivity index (χ1) is 9.08. The molecule has 2 aromatic rings. The van der Waals surface area contributed by atoms with Gasteiger partial charge < -0.3 is 25.9 Å². The number of imidazole rings is 1. The van der Waals surface area contributed by atoms with Gasteiger partial charge in [-0.15, -0.1) is 0 Å². The minimum atomic E-state index is -0.488. The van der Waals surface area contributed by atoms with E-state index in [1.54, 1.807) is 0 Å². The van der Waals surface area contributed by atoms with Crippen molar-refractivity contribution in [1.82, 2.24) is 19.9 Å². The fourth-order valence-corrected chi connectivity index (χ4v) is 2.91. The number of H-pyrrole nitrogens is 2. The number of fused-ring (bicyclic) bond motifs is 1. The molecule has 0 unspecified atom stereocenters. The van der Waals surface area contributed by atoms with Crippen LogP contribution in [0.2, 0.25) is 0 Å². The van der Waals surface area contributed by atoms with Gasteiger partial charge in [0, 0.05) is 18.4 Å². The van der Waals surface area contributed by atoms with Gasteiger partial charge >= 0.3 is 0 Å². The monoisotopic (exact) mass is 281 g/mol. The summed E-state index contributed by atoms with van der Waals surface area (Å²) in [6, 6.07) is 0. The molecule has 8 heteroatoms. The zero-order valence-electron chi connectivity index (χ0n) is 10.1. The van der Waals surface area contributed by atoms with Crippen LogP contribution in [0.5, 0.6) is 0 Å². The van der Waals surface area contributed by atoms with E-state index in [0.29, 0.717) is 28.6 Å². The number of hydrogen-bond donors (Lipinski definition) is 5. The van der Waals surface area contributed by atoms with Gasteiger partial charge in [0.15, 0.2) is 10.3 Å². The van der Waals surface area contributed by atoms with Gasteiger partial charge in [0.1, 0.15) is 11.3 Å². The van der Waals surface area contributed by atoms with Gasteiger partial charge in [-0.25, -0.2) is 9.97 Å². The molecule has 1 fully saturated rings. The number of rotatable bonds is 2. The van der Waals surface area contributed by atoms with Crippen LogP contribution in [0, 0.1) is 10.6 Å². The number of hydrogen-bond acceptors (Lipinski definition) is 6. The quantitative estimate of drug-likeness (QED) is 0.509. The number of aliphatic hydroxyl groups excluding tert-OH is 2. The first-order valence-electron chi connectivity index (χ1n) is 6.12. The standard InChI is InChI=1S/C11H15N5O2S/c12-11-15-9-7(10(19)16-11)13-8(14-9)4-1-5(3-17)6(18)2-4/h4-6,17-18H,1-3H2,(H4,12,13,14,15,16,19)/t4-,5-,6+/m1/s1. The maximum absolute atomic E-state index is 9.83. The second-order valence-corrected chi connectivity index (χ2v) is 5.34. The van der Waals surface area contributed by atoms with Crippen molar-refractivity contribution >= 4 is 29.3 Å². The Bertz CT molecular complexity index is 667. The molecule has 1 aliphatic carbocycles. The third-order valence-electron chi connectivity index (χ3n) is 3.68. The number of anilines is 1. The molecule has 19 heavy (non-hydrogen) atoms. The number of aliphatic hydroxyl groups is 2. The van der Waals surface area contributed by atoms with Crippen LogP contribution in [0.15, 0.2) is 0 Å². The summed E-state index contributed by atoms with van der Waals surface area (Å²) in [5.74, 6) is 0.979. The lowest BCUT2D eigenvalue weighted by atomic mass is 10.1. The summed E-state index contributed by atoms with van der Waals surface area (Å²) in [7, 11) is 0. The minimum Gasteiger partial charge on any atom is -0.396 e. The van der Waals surface area contributed by atoms with E-state index in [-0.39, 0.29) is 24.4 Å². The molecule has 0 saturated heterocycles. The van der Waals surface area contributed by atoms with Crippen LogP contribution in [-0.2, 0) is 0 Å². The van der Waals surface area contributed by atoms with E-state index in [1.165, 1.54) is 0 Å². The van der Waals surface area contributed by atoms with E-state index >= 15 is 0 Å². The van der Waals surface area contributed by atoms with Crippen LogP contribution in [-0.4, -0.2) is 42.9 Å². The lowest BCUT2D eigenvalue weighted by molar-refractivity contribution is 0.0908. The maximum Gasteiger partial charge on any atom is 0.200 e. The van der Waals surface area contributed by atoms with Gasteiger partial charge in [0.05, 0.1) is 6.10 Å². The van der Waals surface area contributed by atoms with Crippen molar-refractivity contribution in [2.75, 3.05) is 12.3 Å². The van der Waals surface area contributed by atoms with E-state index in [4.69, 9.17) is 18.0 Å². The second-order valence-electron chi connectivity index (χ2n) is 4.95. The first kappa shape index (κ1) is 12.5. The Morgan fingerprint density at radius 3 is 2.79 bits per heavy atom. The molecule has 0 bridgehead atoms. The molecule has 6 N–H and O–H groups in total. The molecule has 3 rings (SSSR count). The molecule has 0 aromatic carbocycles. The highest BCUT2D eigenvalue weighted by Gasteiger charge is 2.34. The van der Waals surface area contributed by atoms with Crippen molar-refractivity contribution in [3.05, 3.63) is 10.5 Å². The van der Waals surface area contributed by atoms with Gasteiger partial charge in [-0.3, -0.25) is 0 Å². The summed E-state index contributed by atoms with van der Waals surface area (Å²) in [6.45, 7) is -0.00912. The maximum atomic E-state index is 9.83. The predicted molar refractivity (Wildman–Crippen MR) is 72.0 cm³/mol. The van der Waals surface area contributed by atoms with E-state index in [1.807, 2.05) is 0 Å². The van der Waals surface area contributed by atoms with Crippen molar-refractivity contribution in [2.45, 2.75) is 24.9 Å². The zero-order chi connectivity index (χ0) is 13.6. The number of nitrogens with two attached hydrogens (primary N) is 1. The fourth-order valence-electron chi connectivity index (χ4n) is 2.67. The third kappa shape index (κ3) is 2.11. The third-order valence-corrected chi connectivity index (χ3v) is 3.98. The highest BCUT2D eigenvalue weighted by Crippen LogP contribution is 2.37. The molecule has 7 nitrogen and oxygen atoms in total. The van der Waals surface area contributed by atoms with Crippen LogP contribution >= 0.6 is 12.2 Å². The first-order valence-corrected chi connectivity index (χ1v) is 6.53. The molecule has 2 aromatic heterocycles. The van der Waals surface area contributed by atoms with Gasteiger partial charge in [0.25, 0.3) is 0 Å². The van der Waals surface area contributed by atoms with Crippen molar-refractivity contribution in [1.29, 1.82) is 0 Å². The topological polar surface area (TPSA) is 124 Å². The Kier molecular flexibility index (Phi) is 3.00. The summed E-state index contributed by atoms with van der Waals surface area (Å²) in [5, 5.41) is 19.0. The Labute approximate surface area is 113 Å². The van der Waals surface area contributed by atoms with Crippen molar-refractivity contribution < 1.29 is 10.2 Å². The zero-order valence-corrected chi connectivity index (χ0v) is 10.9. The van der Waals surface area contributed by atoms with E-state index < -0.39 is 6.10 Å². The molecule has 1 saturated carbocycles. The molecular weight excluding hydrogens is 266 g/mol. The van der Waals surface area contributed by atoms with Crippen LogP contribution in [0.4, 0.5) is 5.95 Å². The Balaban J connectivity index is 1.99. The second kappa shape index (κ2) is 4.55. The SMILES string of the molecule is Nc1nc(=S)c2[nH]c([C@@H]3C[C@H](CO)[C@@H](O)C3)nc2[nH]1. The van der Waals surface area contributed by atoms with Gasteiger partial charge in [-0.05, 0) is 12.8 Å². The lowest BCUT2D eigenvalue weighted by Gasteiger charge is -2.08. The Hall–Kier alpha value is -1.51. The average molecular weight is 281 g/mol. The van der Waals surface area contributed by atoms with Crippen LogP contribution in [0.3, 0.4) is 0 Å². The van der Waals surface area contributed by atoms with Crippen LogP contribution in [0.1, 0.15) is 24.6 Å². The number of nitrogens with zero attached hydrogens (tertiary/aromatic N) is 2.